The third-order valence-electron chi connectivity index (χ3n) is 4.05. The Morgan fingerprint density at radius 1 is 1.36 bits per heavy atom. The number of aldehydes is 1. The summed E-state index contributed by atoms with van der Waals surface area (Å²) >= 11 is 1.32. The molecule has 2 atom stereocenters. The molecule has 1 fully saturated rings. The normalized spacial score (nSPS) is 20.6. The van der Waals surface area contributed by atoms with Crippen LogP contribution in [0.2, 0.25) is 0 Å². The zero-order valence-corrected chi connectivity index (χ0v) is 15.4. The van der Waals surface area contributed by atoms with E-state index < -0.39 is 5.82 Å². The Bertz CT molecular complexity index is 786. The fraction of sp³-hybridized carbons (Fsp3) is 0.471. The number of rotatable bonds is 4. The van der Waals surface area contributed by atoms with Gasteiger partial charge in [0, 0.05) is 18.7 Å². The summed E-state index contributed by atoms with van der Waals surface area (Å²) in [5, 5.41) is 9.29. The van der Waals surface area contributed by atoms with Crippen LogP contribution in [0, 0.1) is 12.7 Å². The summed E-state index contributed by atoms with van der Waals surface area (Å²) in [6, 6.07) is 1.62. The number of methoxy groups -OCH3 is 1. The predicted octanol–water partition coefficient (Wildman–Crippen LogP) is 3.09. The number of benzene rings is 1. The first-order valence-electron chi connectivity index (χ1n) is 8.01. The Kier molecular flexibility index (Phi) is 5.01. The highest BCUT2D eigenvalue weighted by molar-refractivity contribution is 7.14. The van der Waals surface area contributed by atoms with Gasteiger partial charge in [-0.1, -0.05) is 11.3 Å². The lowest BCUT2D eigenvalue weighted by Crippen LogP contribution is -2.46. The number of anilines is 1. The third-order valence-corrected chi connectivity index (χ3v) is 4.92. The molecule has 2 unspecified atom stereocenters. The van der Waals surface area contributed by atoms with Gasteiger partial charge in [-0.15, -0.1) is 10.2 Å². The number of carbonyl (C=O) groups excluding carboxylic acids is 1. The lowest BCUT2D eigenvalue weighted by Gasteiger charge is -2.37. The average molecular weight is 365 g/mol. The molecular formula is C17H20FN3O3S. The molecule has 0 spiro atoms. The van der Waals surface area contributed by atoms with Crippen molar-refractivity contribution in [3.8, 4) is 16.3 Å². The van der Waals surface area contributed by atoms with E-state index >= 15 is 4.39 Å². The van der Waals surface area contributed by atoms with Gasteiger partial charge in [-0.2, -0.15) is 0 Å². The molecule has 2 aromatic rings. The number of carbonyl (C=O) groups is 1. The van der Waals surface area contributed by atoms with Crippen molar-refractivity contribution in [2.45, 2.75) is 33.0 Å². The van der Waals surface area contributed by atoms with Crippen molar-refractivity contribution in [1.29, 1.82) is 0 Å². The van der Waals surface area contributed by atoms with Crippen molar-refractivity contribution < 1.29 is 18.7 Å². The molecule has 2 heterocycles. The van der Waals surface area contributed by atoms with E-state index in [1.807, 2.05) is 25.7 Å². The quantitative estimate of drug-likeness (QED) is 0.776. The standard InChI is InChI=1S/C17H20FN3O3S/c1-9-6-21(7-10(2)24-9)15-12(8-22)5-13(16(23-4)14(15)18)17-20-19-11(3)25-17/h5,8-10H,6-7H2,1-4H3. The SMILES string of the molecule is COc1c(-c2nnc(C)s2)cc(C=O)c(N2CC(C)OC(C)C2)c1F. The minimum absolute atomic E-state index is 0.0564. The number of aryl methyl sites for hydroxylation is 1. The molecule has 1 aliphatic rings. The van der Waals surface area contributed by atoms with Gasteiger partial charge >= 0.3 is 0 Å². The number of morpholine rings is 1. The molecule has 134 valence electrons. The number of aromatic nitrogens is 2. The molecule has 1 aromatic carbocycles. The first-order chi connectivity index (χ1) is 11.9. The smallest absolute Gasteiger partial charge is 0.189 e. The van der Waals surface area contributed by atoms with Gasteiger partial charge in [0.15, 0.2) is 22.9 Å². The van der Waals surface area contributed by atoms with E-state index in [-0.39, 0.29) is 29.2 Å². The minimum atomic E-state index is -0.559. The van der Waals surface area contributed by atoms with Crippen molar-refractivity contribution in [3.63, 3.8) is 0 Å². The van der Waals surface area contributed by atoms with Gasteiger partial charge in [0.2, 0.25) is 0 Å². The molecule has 0 N–H and O–H groups in total. The minimum Gasteiger partial charge on any atom is -0.493 e. The van der Waals surface area contributed by atoms with Crippen LogP contribution in [-0.2, 0) is 4.74 Å². The van der Waals surface area contributed by atoms with Gasteiger partial charge in [-0.25, -0.2) is 4.39 Å². The Balaban J connectivity index is 2.15. The molecule has 0 aliphatic carbocycles. The monoisotopic (exact) mass is 365 g/mol. The summed E-state index contributed by atoms with van der Waals surface area (Å²) < 4.78 is 26.3. The maximum atomic E-state index is 15.3. The van der Waals surface area contributed by atoms with Crippen LogP contribution >= 0.6 is 11.3 Å². The van der Waals surface area contributed by atoms with Gasteiger partial charge in [-0.05, 0) is 26.8 Å². The molecule has 6 nitrogen and oxygen atoms in total. The van der Waals surface area contributed by atoms with Crippen LogP contribution in [-0.4, -0.2) is 48.9 Å². The summed E-state index contributed by atoms with van der Waals surface area (Å²) in [6.07, 6.45) is 0.554. The highest BCUT2D eigenvalue weighted by Crippen LogP contribution is 2.41. The van der Waals surface area contributed by atoms with Crippen molar-refractivity contribution in [2.75, 3.05) is 25.1 Å². The second kappa shape index (κ2) is 7.05. The lowest BCUT2D eigenvalue weighted by atomic mass is 10.0. The molecule has 0 amide bonds. The number of nitrogens with zero attached hydrogens (tertiary/aromatic N) is 3. The first-order valence-corrected chi connectivity index (χ1v) is 8.82. The highest BCUT2D eigenvalue weighted by atomic mass is 32.1. The first kappa shape index (κ1) is 17.8. The van der Waals surface area contributed by atoms with Gasteiger partial charge in [0.05, 0.1) is 30.6 Å². The molecule has 8 heteroatoms. The predicted molar refractivity (Wildman–Crippen MR) is 94.2 cm³/mol. The van der Waals surface area contributed by atoms with Crippen LogP contribution < -0.4 is 9.64 Å². The molecule has 1 aromatic heterocycles. The van der Waals surface area contributed by atoms with E-state index in [2.05, 4.69) is 10.2 Å². The fourth-order valence-electron chi connectivity index (χ4n) is 3.18. The van der Waals surface area contributed by atoms with Crippen LogP contribution in [0.5, 0.6) is 5.75 Å². The lowest BCUT2D eigenvalue weighted by molar-refractivity contribution is -0.00545. The van der Waals surface area contributed by atoms with Crippen molar-refractivity contribution in [3.05, 3.63) is 22.5 Å². The van der Waals surface area contributed by atoms with E-state index in [4.69, 9.17) is 9.47 Å². The molecule has 0 bridgehead atoms. The van der Waals surface area contributed by atoms with Crippen molar-refractivity contribution in [1.82, 2.24) is 10.2 Å². The molecule has 1 saturated heterocycles. The maximum Gasteiger partial charge on any atom is 0.189 e. The number of halogens is 1. The Morgan fingerprint density at radius 2 is 2.04 bits per heavy atom. The van der Waals surface area contributed by atoms with Gasteiger partial charge in [-0.3, -0.25) is 4.79 Å². The number of ether oxygens (including phenoxy) is 2. The van der Waals surface area contributed by atoms with E-state index in [1.54, 1.807) is 6.07 Å². The van der Waals surface area contributed by atoms with Crippen LogP contribution in [0.25, 0.3) is 10.6 Å². The average Bonchev–Trinajstić information content (AvgIpc) is 2.99. The van der Waals surface area contributed by atoms with Crippen molar-refractivity contribution >= 4 is 23.3 Å². The van der Waals surface area contributed by atoms with Crippen LogP contribution in [0.4, 0.5) is 10.1 Å². The second-order valence-corrected chi connectivity index (χ2v) is 7.30. The summed E-state index contributed by atoms with van der Waals surface area (Å²) in [5.41, 5.74) is 0.951. The molecule has 3 rings (SSSR count). The van der Waals surface area contributed by atoms with E-state index in [1.165, 1.54) is 18.4 Å². The largest absolute Gasteiger partial charge is 0.493 e. The summed E-state index contributed by atoms with van der Waals surface area (Å²) in [6.45, 7) is 6.67. The summed E-state index contributed by atoms with van der Waals surface area (Å²) in [4.78, 5) is 13.5. The Hall–Kier alpha value is -2.06. The van der Waals surface area contributed by atoms with Crippen LogP contribution in [0.1, 0.15) is 29.2 Å². The van der Waals surface area contributed by atoms with E-state index in [9.17, 15) is 4.79 Å². The molecule has 1 aliphatic heterocycles. The van der Waals surface area contributed by atoms with Crippen LogP contribution in [0.3, 0.4) is 0 Å². The zero-order chi connectivity index (χ0) is 18.1. The van der Waals surface area contributed by atoms with Crippen molar-refractivity contribution in [2.24, 2.45) is 0 Å². The Labute approximate surface area is 149 Å². The Morgan fingerprint density at radius 3 is 2.56 bits per heavy atom. The van der Waals surface area contributed by atoms with Gasteiger partial charge in [0.25, 0.3) is 0 Å². The molecule has 0 saturated carbocycles. The second-order valence-electron chi connectivity index (χ2n) is 6.12. The highest BCUT2D eigenvalue weighted by Gasteiger charge is 2.30. The fourth-order valence-corrected chi connectivity index (χ4v) is 3.88. The zero-order valence-electron chi connectivity index (χ0n) is 14.6. The van der Waals surface area contributed by atoms with E-state index in [0.29, 0.717) is 29.9 Å². The summed E-state index contributed by atoms with van der Waals surface area (Å²) in [7, 11) is 1.41. The van der Waals surface area contributed by atoms with Gasteiger partial charge in [0.1, 0.15) is 5.01 Å². The number of hydrogen-bond acceptors (Lipinski definition) is 7. The third kappa shape index (κ3) is 3.36. The molecule has 25 heavy (non-hydrogen) atoms. The van der Waals surface area contributed by atoms with Gasteiger partial charge < -0.3 is 14.4 Å². The topological polar surface area (TPSA) is 64.6 Å². The van der Waals surface area contributed by atoms with E-state index in [0.717, 1.165) is 5.01 Å². The summed E-state index contributed by atoms with van der Waals surface area (Å²) in [5.74, 6) is -0.486. The molecular weight excluding hydrogens is 345 g/mol. The van der Waals surface area contributed by atoms with Crippen LogP contribution in [0.15, 0.2) is 6.07 Å². The maximum absolute atomic E-state index is 15.3. The molecule has 0 radical (unpaired) electrons. The number of hydrogen-bond donors (Lipinski definition) is 0.